The van der Waals surface area contributed by atoms with E-state index < -0.39 is 27.8 Å². The minimum Gasteiger partial charge on any atom is -0.486 e. The summed E-state index contributed by atoms with van der Waals surface area (Å²) in [6, 6.07) is 7.22. The van der Waals surface area contributed by atoms with E-state index in [9.17, 15) is 17.6 Å². The fourth-order valence-electron chi connectivity index (χ4n) is 2.90. The highest BCUT2D eigenvalue weighted by Gasteiger charge is 2.29. The molecule has 0 saturated heterocycles. The molecule has 0 spiro atoms. The average molecular weight is 422 g/mol. The molecule has 0 saturated carbocycles. The van der Waals surface area contributed by atoms with Crippen LogP contribution in [0.5, 0.6) is 11.5 Å². The minimum absolute atomic E-state index is 0.0295. The molecule has 1 aliphatic heterocycles. The first-order valence-electron chi connectivity index (χ1n) is 9.16. The third-order valence-electron chi connectivity index (χ3n) is 4.50. The van der Waals surface area contributed by atoms with Crippen LogP contribution >= 0.6 is 0 Å². The van der Waals surface area contributed by atoms with E-state index in [-0.39, 0.29) is 10.8 Å². The molecule has 0 aromatic heterocycles. The molecule has 1 amide bonds. The van der Waals surface area contributed by atoms with Crippen LogP contribution < -0.4 is 19.5 Å². The number of sulfonamides is 1. The summed E-state index contributed by atoms with van der Waals surface area (Å²) in [6.07, 6.45) is 0. The van der Waals surface area contributed by atoms with Crippen LogP contribution in [-0.2, 0) is 14.8 Å². The summed E-state index contributed by atoms with van der Waals surface area (Å²) in [5.74, 6) is -0.467. The highest BCUT2D eigenvalue weighted by atomic mass is 32.2. The number of anilines is 1. The van der Waals surface area contributed by atoms with Gasteiger partial charge in [0.25, 0.3) is 0 Å². The molecule has 2 N–H and O–H groups in total. The lowest BCUT2D eigenvalue weighted by molar-refractivity contribution is -0.118. The molecule has 0 fully saturated rings. The molecule has 0 aliphatic carbocycles. The highest BCUT2D eigenvalue weighted by Crippen LogP contribution is 2.32. The number of hydrogen-bond donors (Lipinski definition) is 2. The second-order valence-electron chi connectivity index (χ2n) is 7.10. The lowest BCUT2D eigenvalue weighted by Crippen LogP contribution is -2.47. The predicted molar refractivity (Wildman–Crippen MR) is 106 cm³/mol. The van der Waals surface area contributed by atoms with E-state index in [0.717, 1.165) is 0 Å². The average Bonchev–Trinajstić information content (AvgIpc) is 2.67. The van der Waals surface area contributed by atoms with Gasteiger partial charge in [0.15, 0.2) is 11.5 Å². The summed E-state index contributed by atoms with van der Waals surface area (Å²) >= 11 is 0. The Morgan fingerprint density at radius 1 is 1.07 bits per heavy atom. The summed E-state index contributed by atoms with van der Waals surface area (Å²) in [7, 11) is -4.00. The molecule has 0 unspecified atom stereocenters. The number of carbonyl (C=O) groups excluding carboxylic acids is 1. The maximum atomic E-state index is 13.3. The van der Waals surface area contributed by atoms with Gasteiger partial charge in [-0.1, -0.05) is 13.8 Å². The Balaban J connectivity index is 1.81. The number of aryl methyl sites for hydroxylation is 1. The number of halogens is 1. The fraction of sp³-hybridized carbons (Fsp3) is 0.350. The van der Waals surface area contributed by atoms with Crippen molar-refractivity contribution in [2.45, 2.75) is 31.7 Å². The molecule has 0 bridgehead atoms. The second kappa shape index (κ2) is 8.38. The standard InChI is InChI=1S/C20H23FN2O5S/c1-12(2)19(20(24)22-16-6-4-14(21)10-13(16)3)23-29(25,26)15-5-7-17-18(11-15)28-9-8-27-17/h4-7,10-12,19,23H,8-9H2,1-3H3,(H,22,24)/t19-/m1/s1. The Morgan fingerprint density at radius 3 is 2.41 bits per heavy atom. The van der Waals surface area contributed by atoms with Crippen LogP contribution in [-0.4, -0.2) is 33.6 Å². The van der Waals surface area contributed by atoms with Gasteiger partial charge in [-0.15, -0.1) is 0 Å². The first-order chi connectivity index (χ1) is 13.7. The Kier molecular flexibility index (Phi) is 6.09. The van der Waals surface area contributed by atoms with Gasteiger partial charge < -0.3 is 14.8 Å². The Hall–Kier alpha value is -2.65. The summed E-state index contributed by atoms with van der Waals surface area (Å²) in [6.45, 7) is 5.85. The quantitative estimate of drug-likeness (QED) is 0.747. The van der Waals surface area contributed by atoms with Crippen LogP contribution in [0.4, 0.5) is 10.1 Å². The van der Waals surface area contributed by atoms with Crippen LogP contribution in [0.3, 0.4) is 0 Å². The number of amides is 1. The first-order valence-corrected chi connectivity index (χ1v) is 10.6. The van der Waals surface area contributed by atoms with E-state index in [4.69, 9.17) is 9.47 Å². The molecule has 156 valence electrons. The molecule has 29 heavy (non-hydrogen) atoms. The van der Waals surface area contributed by atoms with Crippen molar-refractivity contribution in [2.75, 3.05) is 18.5 Å². The largest absolute Gasteiger partial charge is 0.486 e. The third-order valence-corrected chi connectivity index (χ3v) is 5.94. The van der Waals surface area contributed by atoms with Gasteiger partial charge in [-0.3, -0.25) is 4.79 Å². The monoisotopic (exact) mass is 422 g/mol. The van der Waals surface area contributed by atoms with Gasteiger partial charge in [0.05, 0.1) is 4.90 Å². The van der Waals surface area contributed by atoms with E-state index >= 15 is 0 Å². The summed E-state index contributed by atoms with van der Waals surface area (Å²) in [5.41, 5.74) is 0.955. The smallest absolute Gasteiger partial charge is 0.242 e. The molecular weight excluding hydrogens is 399 g/mol. The normalized spacial score (nSPS) is 14.5. The number of rotatable bonds is 6. The third kappa shape index (κ3) is 4.86. The molecule has 9 heteroatoms. The van der Waals surface area contributed by atoms with Crippen LogP contribution in [0.2, 0.25) is 0 Å². The Labute approximate surface area is 169 Å². The van der Waals surface area contributed by atoms with Crippen molar-refractivity contribution in [1.29, 1.82) is 0 Å². The van der Waals surface area contributed by atoms with Crippen molar-refractivity contribution in [2.24, 2.45) is 5.92 Å². The maximum Gasteiger partial charge on any atom is 0.242 e. The molecule has 1 heterocycles. The van der Waals surface area contributed by atoms with Gasteiger partial charge in [0.2, 0.25) is 15.9 Å². The van der Waals surface area contributed by atoms with Crippen LogP contribution in [0, 0.1) is 18.7 Å². The van der Waals surface area contributed by atoms with Gasteiger partial charge in [0, 0.05) is 11.8 Å². The van der Waals surface area contributed by atoms with Crippen molar-refractivity contribution in [1.82, 2.24) is 4.72 Å². The zero-order chi connectivity index (χ0) is 21.2. The van der Waals surface area contributed by atoms with Crippen molar-refractivity contribution in [3.05, 3.63) is 47.8 Å². The zero-order valence-corrected chi connectivity index (χ0v) is 17.2. The summed E-state index contributed by atoms with van der Waals surface area (Å²) in [4.78, 5) is 12.7. The molecule has 2 aromatic carbocycles. The zero-order valence-electron chi connectivity index (χ0n) is 16.4. The Morgan fingerprint density at radius 2 is 1.76 bits per heavy atom. The van der Waals surface area contributed by atoms with Crippen molar-refractivity contribution >= 4 is 21.6 Å². The lowest BCUT2D eigenvalue weighted by Gasteiger charge is -2.23. The number of benzene rings is 2. The lowest BCUT2D eigenvalue weighted by atomic mass is 10.0. The Bertz CT molecular complexity index is 1020. The molecular formula is C20H23FN2O5S. The van der Waals surface area contributed by atoms with Crippen LogP contribution in [0.15, 0.2) is 41.3 Å². The topological polar surface area (TPSA) is 93.7 Å². The molecule has 2 aromatic rings. The van der Waals surface area contributed by atoms with Gasteiger partial charge >= 0.3 is 0 Å². The van der Waals surface area contributed by atoms with E-state index in [1.807, 2.05) is 0 Å². The molecule has 1 atom stereocenters. The van der Waals surface area contributed by atoms with Gasteiger partial charge in [0.1, 0.15) is 25.1 Å². The second-order valence-corrected chi connectivity index (χ2v) is 8.81. The molecule has 1 aliphatic rings. The molecule has 0 radical (unpaired) electrons. The van der Waals surface area contributed by atoms with Crippen molar-refractivity contribution < 1.29 is 27.1 Å². The minimum atomic E-state index is -4.00. The number of ether oxygens (including phenoxy) is 2. The number of carbonyl (C=O) groups is 1. The first kappa shape index (κ1) is 21.1. The summed E-state index contributed by atoms with van der Waals surface area (Å²) < 4.78 is 52.3. The van der Waals surface area contributed by atoms with Crippen LogP contribution in [0.25, 0.3) is 0 Å². The van der Waals surface area contributed by atoms with Crippen molar-refractivity contribution in [3.63, 3.8) is 0 Å². The number of nitrogens with one attached hydrogen (secondary N) is 2. The highest BCUT2D eigenvalue weighted by molar-refractivity contribution is 7.89. The predicted octanol–water partition coefficient (Wildman–Crippen LogP) is 2.85. The maximum absolute atomic E-state index is 13.3. The number of hydrogen-bond acceptors (Lipinski definition) is 5. The molecule has 3 rings (SSSR count). The molecule has 7 nitrogen and oxygen atoms in total. The van der Waals surface area contributed by atoms with E-state index in [0.29, 0.717) is 36.0 Å². The van der Waals surface area contributed by atoms with Gasteiger partial charge in [-0.2, -0.15) is 4.72 Å². The SMILES string of the molecule is Cc1cc(F)ccc1NC(=O)[C@H](NS(=O)(=O)c1ccc2c(c1)OCCO2)C(C)C. The number of fused-ring (bicyclic) bond motifs is 1. The van der Waals surface area contributed by atoms with Crippen molar-refractivity contribution in [3.8, 4) is 11.5 Å². The van der Waals surface area contributed by atoms with Gasteiger partial charge in [-0.25, -0.2) is 12.8 Å². The van der Waals surface area contributed by atoms with E-state index in [1.165, 1.54) is 36.4 Å². The fourth-order valence-corrected chi connectivity index (χ4v) is 4.26. The van der Waals surface area contributed by atoms with Gasteiger partial charge in [-0.05, 0) is 48.7 Å². The van der Waals surface area contributed by atoms with E-state index in [1.54, 1.807) is 20.8 Å². The van der Waals surface area contributed by atoms with Crippen LogP contribution in [0.1, 0.15) is 19.4 Å². The summed E-state index contributed by atoms with van der Waals surface area (Å²) in [5, 5.41) is 2.67. The van der Waals surface area contributed by atoms with E-state index in [2.05, 4.69) is 10.0 Å².